The molecular formula is C51H109NO5. The molecule has 0 fully saturated rings. The summed E-state index contributed by atoms with van der Waals surface area (Å²) in [6.45, 7) is 23.4. The molecule has 348 valence electrons. The van der Waals surface area contributed by atoms with Gasteiger partial charge in [0, 0.05) is 26.2 Å². The van der Waals surface area contributed by atoms with E-state index in [4.69, 9.17) is 14.6 Å². The quantitative estimate of drug-likeness (QED) is 0.0382. The molecule has 0 rings (SSSR count). The summed E-state index contributed by atoms with van der Waals surface area (Å²) in [4.78, 5) is 25.8. The first-order chi connectivity index (χ1) is 27.7. The van der Waals surface area contributed by atoms with E-state index in [1.54, 1.807) is 14.0 Å². The second kappa shape index (κ2) is 64.2. The standard InChI is InChI=1S/C29H59NO3.C12H24O.C5H12.C3H8.C2H6O/c1-5-7-9-16-22-28(23-17-10-8-6-2)29(31)33-27-21-14-11-12-18-24-30(3)25-19-13-15-20-26-32-4;1-3-5-7-8-10-12(11-13)9-6-4-2;1-3-5-4-2;1-3-2;1-2-3/h28H,5-27H2,1-4H3;11-12H,3-10H2,1-2H3;3-5H2,1-2H3;3H2,1-2H3;3H,2H2,1H3. The number of aliphatic hydroxyl groups is 1. The Hall–Kier alpha value is -0.980. The Morgan fingerprint density at radius 3 is 1.25 bits per heavy atom. The smallest absolute Gasteiger partial charge is 0.308 e. The molecule has 57 heavy (non-hydrogen) atoms. The Balaban J connectivity index is -0.000000305. The number of carbonyl (C=O) groups is 2. The number of carbonyl (C=O) groups excluding carboxylic acids is 2. The average molecular weight is 816 g/mol. The van der Waals surface area contributed by atoms with E-state index >= 15 is 0 Å². The summed E-state index contributed by atoms with van der Waals surface area (Å²) in [6, 6.07) is 0. The molecule has 1 atom stereocenters. The molecule has 0 amide bonds. The third kappa shape index (κ3) is 67.1. The van der Waals surface area contributed by atoms with Gasteiger partial charge in [-0.3, -0.25) is 4.79 Å². The monoisotopic (exact) mass is 816 g/mol. The van der Waals surface area contributed by atoms with Crippen LogP contribution in [0.5, 0.6) is 0 Å². The normalized spacial score (nSPS) is 11.0. The van der Waals surface area contributed by atoms with Crippen LogP contribution in [0.3, 0.4) is 0 Å². The minimum atomic E-state index is 0.0758. The molecule has 6 nitrogen and oxygen atoms in total. The zero-order valence-electron chi connectivity index (χ0n) is 41.2. The van der Waals surface area contributed by atoms with Gasteiger partial charge in [-0.1, -0.05) is 203 Å². The van der Waals surface area contributed by atoms with Crippen LogP contribution < -0.4 is 0 Å². The largest absolute Gasteiger partial charge is 0.465 e. The van der Waals surface area contributed by atoms with Crippen LogP contribution in [-0.4, -0.2) is 69.3 Å². The first-order valence-corrected chi connectivity index (χ1v) is 25.1. The number of nitrogens with zero attached hydrogens (tertiary/aromatic N) is 1. The van der Waals surface area contributed by atoms with Crippen molar-refractivity contribution >= 4 is 12.3 Å². The number of unbranched alkanes of at least 4 members (excludes halogenated alkanes) is 19. The summed E-state index contributed by atoms with van der Waals surface area (Å²) in [5.41, 5.74) is 0. The lowest BCUT2D eigenvalue weighted by atomic mass is 9.94. The minimum absolute atomic E-state index is 0.0758. The summed E-state index contributed by atoms with van der Waals surface area (Å²) in [7, 11) is 4.03. The molecule has 0 aliphatic rings. The maximum atomic E-state index is 12.6. The fraction of sp³-hybridized carbons (Fsp3) is 0.961. The van der Waals surface area contributed by atoms with E-state index in [2.05, 4.69) is 67.3 Å². The molecule has 0 radical (unpaired) electrons. The van der Waals surface area contributed by atoms with Gasteiger partial charge < -0.3 is 24.3 Å². The van der Waals surface area contributed by atoms with Crippen LogP contribution in [0.2, 0.25) is 0 Å². The Labute approximate surface area is 360 Å². The van der Waals surface area contributed by atoms with Crippen molar-refractivity contribution in [3.63, 3.8) is 0 Å². The number of methoxy groups -OCH3 is 1. The number of hydrogen-bond donors (Lipinski definition) is 1. The number of aliphatic hydroxyl groups excluding tert-OH is 1. The van der Waals surface area contributed by atoms with Gasteiger partial charge in [-0.25, -0.2) is 0 Å². The Morgan fingerprint density at radius 2 is 0.860 bits per heavy atom. The van der Waals surface area contributed by atoms with Crippen LogP contribution in [0.15, 0.2) is 0 Å². The van der Waals surface area contributed by atoms with Crippen LogP contribution in [-0.2, 0) is 19.1 Å². The van der Waals surface area contributed by atoms with E-state index < -0.39 is 0 Å². The maximum absolute atomic E-state index is 12.6. The van der Waals surface area contributed by atoms with Crippen molar-refractivity contribution in [3.05, 3.63) is 0 Å². The van der Waals surface area contributed by atoms with Gasteiger partial charge in [-0.05, 0) is 78.4 Å². The summed E-state index contributed by atoms with van der Waals surface area (Å²) < 4.78 is 10.8. The van der Waals surface area contributed by atoms with Gasteiger partial charge in [0.25, 0.3) is 0 Å². The Kier molecular flexibility index (Phi) is 73.3. The van der Waals surface area contributed by atoms with Crippen molar-refractivity contribution in [1.29, 1.82) is 0 Å². The molecule has 6 heteroatoms. The summed E-state index contributed by atoms with van der Waals surface area (Å²) >= 11 is 0. The minimum Gasteiger partial charge on any atom is -0.465 e. The fourth-order valence-corrected chi connectivity index (χ4v) is 6.35. The SMILES string of the molecule is CCC.CCCCC.CCCCCCC(C=O)CCCC.CCCCCCC(CCCCCC)C(=O)OCCCCCCCN(C)CCCCCCOC.CCO. The van der Waals surface area contributed by atoms with Crippen LogP contribution in [0.4, 0.5) is 0 Å². The van der Waals surface area contributed by atoms with E-state index in [9.17, 15) is 9.59 Å². The van der Waals surface area contributed by atoms with Gasteiger partial charge in [0.1, 0.15) is 6.29 Å². The fourth-order valence-electron chi connectivity index (χ4n) is 6.35. The molecule has 0 aromatic rings. The molecule has 0 aromatic carbocycles. The van der Waals surface area contributed by atoms with Crippen LogP contribution >= 0.6 is 0 Å². The summed E-state index contributed by atoms with van der Waals surface area (Å²) in [5, 5.41) is 7.57. The van der Waals surface area contributed by atoms with Gasteiger partial charge in [0.05, 0.1) is 12.5 Å². The second-order valence-electron chi connectivity index (χ2n) is 16.3. The van der Waals surface area contributed by atoms with Crippen molar-refractivity contribution in [2.75, 3.05) is 47.1 Å². The molecule has 1 N–H and O–H groups in total. The zero-order chi connectivity index (χ0) is 43.9. The molecule has 0 aliphatic heterocycles. The molecular weight excluding hydrogens is 707 g/mol. The first kappa shape index (κ1) is 65.1. The van der Waals surface area contributed by atoms with Gasteiger partial charge in [0.2, 0.25) is 0 Å². The third-order valence-corrected chi connectivity index (χ3v) is 9.97. The molecule has 0 aliphatic carbocycles. The van der Waals surface area contributed by atoms with Crippen molar-refractivity contribution in [3.8, 4) is 0 Å². The molecule has 1 unspecified atom stereocenters. The number of aldehydes is 1. The van der Waals surface area contributed by atoms with E-state index in [1.165, 1.54) is 180 Å². The van der Waals surface area contributed by atoms with Crippen LogP contribution in [0, 0.1) is 11.8 Å². The lowest BCUT2D eigenvalue weighted by molar-refractivity contribution is -0.149. The second-order valence-corrected chi connectivity index (χ2v) is 16.3. The number of rotatable bonds is 37. The van der Waals surface area contributed by atoms with Crippen LogP contribution in [0.1, 0.15) is 261 Å². The van der Waals surface area contributed by atoms with Crippen LogP contribution in [0.25, 0.3) is 0 Å². The lowest BCUT2D eigenvalue weighted by Gasteiger charge is -2.17. The molecule has 0 heterocycles. The third-order valence-electron chi connectivity index (χ3n) is 9.97. The Bertz CT molecular complexity index is 660. The van der Waals surface area contributed by atoms with Crippen molar-refractivity contribution < 1.29 is 24.2 Å². The van der Waals surface area contributed by atoms with E-state index in [1.807, 2.05) is 0 Å². The van der Waals surface area contributed by atoms with Gasteiger partial charge in [0.15, 0.2) is 0 Å². The highest BCUT2D eigenvalue weighted by Gasteiger charge is 2.19. The molecule has 0 spiro atoms. The number of hydrogen-bond acceptors (Lipinski definition) is 6. The van der Waals surface area contributed by atoms with Crippen molar-refractivity contribution in [2.45, 2.75) is 261 Å². The predicted molar refractivity (Wildman–Crippen MR) is 255 cm³/mol. The maximum Gasteiger partial charge on any atom is 0.308 e. The predicted octanol–water partition coefficient (Wildman–Crippen LogP) is 15.7. The first-order valence-electron chi connectivity index (χ1n) is 25.1. The van der Waals surface area contributed by atoms with Crippen molar-refractivity contribution in [1.82, 2.24) is 4.90 Å². The Morgan fingerprint density at radius 1 is 0.509 bits per heavy atom. The highest BCUT2D eigenvalue weighted by molar-refractivity contribution is 5.72. The number of ether oxygens (including phenoxy) is 2. The van der Waals surface area contributed by atoms with Gasteiger partial charge >= 0.3 is 5.97 Å². The molecule has 0 aromatic heterocycles. The van der Waals surface area contributed by atoms with E-state index in [-0.39, 0.29) is 18.5 Å². The average Bonchev–Trinajstić information content (AvgIpc) is 3.20. The van der Waals surface area contributed by atoms with E-state index in [0.717, 1.165) is 45.0 Å². The highest BCUT2D eigenvalue weighted by atomic mass is 16.5. The molecule has 0 bridgehead atoms. The zero-order valence-corrected chi connectivity index (χ0v) is 41.2. The topological polar surface area (TPSA) is 76.1 Å². The molecule has 0 saturated carbocycles. The highest BCUT2D eigenvalue weighted by Crippen LogP contribution is 2.20. The number of esters is 1. The molecule has 0 saturated heterocycles. The van der Waals surface area contributed by atoms with E-state index in [0.29, 0.717) is 12.5 Å². The summed E-state index contributed by atoms with van der Waals surface area (Å²) in [6.07, 6.45) is 39.2. The van der Waals surface area contributed by atoms with Gasteiger partial charge in [-0.2, -0.15) is 0 Å². The van der Waals surface area contributed by atoms with Crippen molar-refractivity contribution in [2.24, 2.45) is 11.8 Å². The lowest BCUT2D eigenvalue weighted by Crippen LogP contribution is -2.20. The van der Waals surface area contributed by atoms with Gasteiger partial charge in [-0.15, -0.1) is 0 Å². The summed E-state index contributed by atoms with van der Waals surface area (Å²) in [5.74, 6) is 0.554.